The first-order chi connectivity index (χ1) is 14.7. The smallest absolute Gasteiger partial charge is 0.277 e. The van der Waals surface area contributed by atoms with Crippen LogP contribution in [0.4, 0.5) is 11.5 Å². The first kappa shape index (κ1) is 18.5. The lowest BCUT2D eigenvalue weighted by Gasteiger charge is -2.27. The van der Waals surface area contributed by atoms with Gasteiger partial charge in [0.15, 0.2) is 5.69 Å². The molecule has 152 valence electrons. The summed E-state index contributed by atoms with van der Waals surface area (Å²) in [5.74, 6) is 0.300. The number of rotatable bonds is 4. The van der Waals surface area contributed by atoms with Crippen LogP contribution in [0, 0.1) is 0 Å². The lowest BCUT2D eigenvalue weighted by Crippen LogP contribution is -2.44. The van der Waals surface area contributed by atoms with Crippen molar-refractivity contribution in [2.75, 3.05) is 36.4 Å². The molecule has 4 aromatic rings. The van der Waals surface area contributed by atoms with Gasteiger partial charge in [0.25, 0.3) is 11.5 Å². The molecule has 10 nitrogen and oxygen atoms in total. The quantitative estimate of drug-likeness (QED) is 0.507. The van der Waals surface area contributed by atoms with Crippen LogP contribution in [-0.4, -0.2) is 51.8 Å². The van der Waals surface area contributed by atoms with Gasteiger partial charge in [0, 0.05) is 49.6 Å². The Hall–Kier alpha value is -3.57. The van der Waals surface area contributed by atoms with Gasteiger partial charge in [0.1, 0.15) is 17.1 Å². The van der Waals surface area contributed by atoms with Crippen LogP contribution in [0.5, 0.6) is 0 Å². The highest BCUT2D eigenvalue weighted by Gasteiger charge is 2.17. The van der Waals surface area contributed by atoms with Crippen molar-refractivity contribution in [2.24, 2.45) is 0 Å². The van der Waals surface area contributed by atoms with Crippen LogP contribution in [0.25, 0.3) is 15.5 Å². The zero-order valence-corrected chi connectivity index (χ0v) is 16.6. The van der Waals surface area contributed by atoms with E-state index >= 15 is 0 Å². The van der Waals surface area contributed by atoms with E-state index in [1.807, 2.05) is 12.1 Å². The van der Waals surface area contributed by atoms with Crippen molar-refractivity contribution in [3.05, 3.63) is 58.7 Å². The molecule has 0 radical (unpaired) electrons. The molecule has 30 heavy (non-hydrogen) atoms. The van der Waals surface area contributed by atoms with Crippen LogP contribution in [0.1, 0.15) is 10.5 Å². The average molecular weight is 423 g/mol. The zero-order valence-electron chi connectivity index (χ0n) is 15.7. The van der Waals surface area contributed by atoms with Gasteiger partial charge in [-0.25, -0.2) is 4.98 Å². The summed E-state index contributed by atoms with van der Waals surface area (Å²) >= 11 is 1.33. The molecule has 0 bridgehead atoms. The number of piperazine rings is 1. The number of carbonyl (C=O) groups is 1. The largest absolute Gasteiger partial charge is 0.364 e. The van der Waals surface area contributed by atoms with Crippen LogP contribution in [0.3, 0.4) is 0 Å². The van der Waals surface area contributed by atoms with Crippen molar-refractivity contribution in [3.8, 4) is 10.6 Å². The lowest BCUT2D eigenvalue weighted by atomic mass is 10.2. The summed E-state index contributed by atoms with van der Waals surface area (Å²) in [4.78, 5) is 32.0. The molecule has 1 aliphatic heterocycles. The maximum atomic E-state index is 12.6. The summed E-state index contributed by atoms with van der Waals surface area (Å²) in [6.07, 6.45) is 1.34. The topological polar surface area (TPSA) is 118 Å². The summed E-state index contributed by atoms with van der Waals surface area (Å²) in [6.45, 7) is 3.34. The van der Waals surface area contributed by atoms with E-state index in [9.17, 15) is 9.59 Å². The fraction of sp³-hybridized carbons (Fsp3) is 0.211. The van der Waals surface area contributed by atoms with Crippen LogP contribution in [0.2, 0.25) is 0 Å². The normalized spacial score (nSPS) is 14.2. The van der Waals surface area contributed by atoms with Gasteiger partial charge in [-0.3, -0.25) is 9.59 Å². The second kappa shape index (κ2) is 7.69. The predicted molar refractivity (Wildman–Crippen MR) is 112 cm³/mol. The van der Waals surface area contributed by atoms with Crippen LogP contribution in [0.15, 0.2) is 52.0 Å². The van der Waals surface area contributed by atoms with Crippen LogP contribution in [-0.2, 0) is 0 Å². The minimum absolute atomic E-state index is 0.191. The molecule has 3 aromatic heterocycles. The van der Waals surface area contributed by atoms with Gasteiger partial charge in [-0.1, -0.05) is 28.6 Å². The first-order valence-electron chi connectivity index (χ1n) is 9.36. The van der Waals surface area contributed by atoms with Gasteiger partial charge in [0.05, 0.1) is 0 Å². The Kier molecular flexibility index (Phi) is 4.73. The van der Waals surface area contributed by atoms with Crippen molar-refractivity contribution in [2.45, 2.75) is 0 Å². The molecule has 1 aliphatic rings. The molecule has 1 amide bonds. The number of anilines is 2. The Morgan fingerprint density at radius 3 is 2.87 bits per heavy atom. The number of amides is 1. The molecule has 5 rings (SSSR count). The monoisotopic (exact) mass is 423 g/mol. The molecule has 0 saturated carbocycles. The summed E-state index contributed by atoms with van der Waals surface area (Å²) in [5, 5.41) is 14.7. The van der Waals surface area contributed by atoms with Crippen molar-refractivity contribution >= 4 is 33.7 Å². The summed E-state index contributed by atoms with van der Waals surface area (Å²) < 4.78 is 6.01. The van der Waals surface area contributed by atoms with E-state index in [1.165, 1.54) is 34.2 Å². The molecule has 2 N–H and O–H groups in total. The number of benzene rings is 1. The van der Waals surface area contributed by atoms with E-state index in [2.05, 4.69) is 30.8 Å². The second-order valence-corrected chi connectivity index (χ2v) is 7.67. The third kappa shape index (κ3) is 3.55. The van der Waals surface area contributed by atoms with Gasteiger partial charge in [0.2, 0.25) is 4.96 Å². The van der Waals surface area contributed by atoms with E-state index in [4.69, 9.17) is 4.52 Å². The third-order valence-corrected chi connectivity index (χ3v) is 5.67. The second-order valence-electron chi connectivity index (χ2n) is 6.71. The standard InChI is InChI=1S/C19H17N7O3S/c27-16-11-15(25-7-5-20-6-8-25)22-19-26(16)23-18(30-19)12-2-1-3-13(10-12)21-17(28)14-4-9-29-24-14/h1-4,9-11,20H,5-8H2,(H,21,28). The highest BCUT2D eigenvalue weighted by molar-refractivity contribution is 7.19. The molecule has 0 aliphatic carbocycles. The number of hydrogen-bond donors (Lipinski definition) is 2. The molecule has 1 aromatic carbocycles. The minimum Gasteiger partial charge on any atom is -0.364 e. The fourth-order valence-electron chi connectivity index (χ4n) is 3.23. The zero-order chi connectivity index (χ0) is 20.5. The van der Waals surface area contributed by atoms with Gasteiger partial charge in [-0.15, -0.1) is 0 Å². The highest BCUT2D eigenvalue weighted by Crippen LogP contribution is 2.27. The summed E-state index contributed by atoms with van der Waals surface area (Å²) in [7, 11) is 0. The number of carbonyl (C=O) groups excluding carboxylic acids is 1. The number of aromatic nitrogens is 4. The lowest BCUT2D eigenvalue weighted by molar-refractivity contribution is 0.101. The summed E-state index contributed by atoms with van der Waals surface area (Å²) in [5.41, 5.74) is 1.33. The van der Waals surface area contributed by atoms with E-state index in [-0.39, 0.29) is 17.2 Å². The molecule has 0 spiro atoms. The number of nitrogens with zero attached hydrogens (tertiary/aromatic N) is 5. The van der Waals surface area contributed by atoms with Gasteiger partial charge in [-0.2, -0.15) is 9.61 Å². The maximum Gasteiger partial charge on any atom is 0.277 e. The van der Waals surface area contributed by atoms with Gasteiger partial charge < -0.3 is 20.1 Å². The number of hydrogen-bond acceptors (Lipinski definition) is 9. The van der Waals surface area contributed by atoms with Crippen LogP contribution >= 0.6 is 11.3 Å². The van der Waals surface area contributed by atoms with Crippen LogP contribution < -0.4 is 21.1 Å². The van der Waals surface area contributed by atoms with E-state index in [0.29, 0.717) is 21.5 Å². The third-order valence-electron chi connectivity index (χ3n) is 4.71. The van der Waals surface area contributed by atoms with Crippen molar-refractivity contribution in [1.82, 2.24) is 25.1 Å². The van der Waals surface area contributed by atoms with E-state index in [1.54, 1.807) is 12.1 Å². The Bertz CT molecular complexity index is 1260. The molecular formula is C19H17N7O3S. The van der Waals surface area contributed by atoms with Crippen molar-refractivity contribution in [1.29, 1.82) is 0 Å². The number of nitrogens with one attached hydrogen (secondary N) is 2. The Morgan fingerprint density at radius 1 is 1.20 bits per heavy atom. The fourth-order valence-corrected chi connectivity index (χ4v) is 4.12. The maximum absolute atomic E-state index is 12.6. The van der Waals surface area contributed by atoms with Crippen molar-refractivity contribution < 1.29 is 9.32 Å². The predicted octanol–water partition coefficient (Wildman–Crippen LogP) is 1.47. The molecular weight excluding hydrogens is 406 g/mol. The minimum atomic E-state index is -0.372. The molecule has 0 unspecified atom stereocenters. The van der Waals surface area contributed by atoms with E-state index < -0.39 is 0 Å². The number of fused-ring (bicyclic) bond motifs is 1. The van der Waals surface area contributed by atoms with Gasteiger partial charge in [-0.05, 0) is 12.1 Å². The molecule has 4 heterocycles. The Balaban J connectivity index is 1.45. The summed E-state index contributed by atoms with van der Waals surface area (Å²) in [6, 6.07) is 10.2. The average Bonchev–Trinajstić information content (AvgIpc) is 3.45. The van der Waals surface area contributed by atoms with Crippen molar-refractivity contribution in [3.63, 3.8) is 0 Å². The molecule has 1 saturated heterocycles. The Morgan fingerprint density at radius 2 is 2.07 bits per heavy atom. The van der Waals surface area contributed by atoms with E-state index in [0.717, 1.165) is 31.7 Å². The highest BCUT2D eigenvalue weighted by atomic mass is 32.1. The SMILES string of the molecule is O=C(Nc1cccc(-c2nn3c(=O)cc(N4CCNCC4)nc3s2)c1)c1ccon1. The first-order valence-corrected chi connectivity index (χ1v) is 10.2. The molecule has 11 heteroatoms. The van der Waals surface area contributed by atoms with Gasteiger partial charge >= 0.3 is 0 Å². The Labute approximate surface area is 174 Å². The molecule has 0 atom stereocenters. The molecule has 1 fully saturated rings.